The van der Waals surface area contributed by atoms with Crippen LogP contribution in [0.3, 0.4) is 0 Å². The summed E-state index contributed by atoms with van der Waals surface area (Å²) in [4.78, 5) is 11.4. The molecule has 13 heavy (non-hydrogen) atoms. The van der Waals surface area contributed by atoms with Crippen LogP contribution in [0.4, 0.5) is 0 Å². The molecular formula is C11H18O2. The quantitative estimate of drug-likeness (QED) is 0.710. The molecule has 0 amide bonds. The molecule has 2 nitrogen and oxygen atoms in total. The smallest absolute Gasteiger partial charge is 0.158 e. The summed E-state index contributed by atoms with van der Waals surface area (Å²) in [6.07, 6.45) is 3.67. The van der Waals surface area contributed by atoms with E-state index in [9.17, 15) is 9.90 Å². The number of Topliss-reactive ketones (excluding diaryl/α,β-unsaturated/α-hetero) is 1. The summed E-state index contributed by atoms with van der Waals surface area (Å²) in [5.41, 5.74) is 0.934. The SMILES string of the molecule is CC(O)CC1=CC(C)(C)CCC1=O. The van der Waals surface area contributed by atoms with Crippen LogP contribution in [-0.2, 0) is 4.79 Å². The summed E-state index contributed by atoms with van der Waals surface area (Å²) in [5, 5.41) is 9.20. The number of rotatable bonds is 2. The lowest BCUT2D eigenvalue weighted by molar-refractivity contribution is -0.117. The van der Waals surface area contributed by atoms with Crippen LogP contribution in [0.25, 0.3) is 0 Å². The van der Waals surface area contributed by atoms with Crippen molar-refractivity contribution in [3.8, 4) is 0 Å². The minimum absolute atomic E-state index is 0.123. The third-order valence-electron chi connectivity index (χ3n) is 2.43. The van der Waals surface area contributed by atoms with Crippen LogP contribution in [0.15, 0.2) is 11.6 Å². The van der Waals surface area contributed by atoms with Gasteiger partial charge in [-0.15, -0.1) is 0 Å². The monoisotopic (exact) mass is 182 g/mol. The van der Waals surface area contributed by atoms with Crippen molar-refractivity contribution in [2.24, 2.45) is 5.41 Å². The molecule has 1 atom stereocenters. The van der Waals surface area contributed by atoms with E-state index in [1.807, 2.05) is 6.08 Å². The van der Waals surface area contributed by atoms with Crippen LogP contribution in [0, 0.1) is 5.41 Å². The Balaban J connectivity index is 2.78. The molecule has 0 aromatic rings. The van der Waals surface area contributed by atoms with Crippen molar-refractivity contribution in [2.45, 2.75) is 46.1 Å². The van der Waals surface area contributed by atoms with Gasteiger partial charge < -0.3 is 5.11 Å². The van der Waals surface area contributed by atoms with E-state index in [0.29, 0.717) is 12.8 Å². The van der Waals surface area contributed by atoms with Crippen molar-refractivity contribution in [1.82, 2.24) is 0 Å². The molecule has 1 N–H and O–H groups in total. The van der Waals surface area contributed by atoms with Gasteiger partial charge in [-0.3, -0.25) is 4.79 Å². The van der Waals surface area contributed by atoms with Crippen molar-refractivity contribution < 1.29 is 9.90 Å². The Morgan fingerprint density at radius 3 is 2.77 bits per heavy atom. The van der Waals surface area contributed by atoms with Crippen molar-refractivity contribution in [1.29, 1.82) is 0 Å². The number of hydrogen-bond acceptors (Lipinski definition) is 2. The Morgan fingerprint density at radius 1 is 1.62 bits per heavy atom. The molecule has 2 heteroatoms. The summed E-state index contributed by atoms with van der Waals surface area (Å²) in [6.45, 7) is 5.97. The van der Waals surface area contributed by atoms with E-state index in [4.69, 9.17) is 0 Å². The summed E-state index contributed by atoms with van der Waals surface area (Å²) in [5.74, 6) is 0.209. The maximum Gasteiger partial charge on any atom is 0.158 e. The van der Waals surface area contributed by atoms with Crippen LogP contribution >= 0.6 is 0 Å². The van der Waals surface area contributed by atoms with E-state index < -0.39 is 6.10 Å². The highest BCUT2D eigenvalue weighted by molar-refractivity contribution is 5.96. The zero-order chi connectivity index (χ0) is 10.1. The Morgan fingerprint density at radius 2 is 2.23 bits per heavy atom. The maximum absolute atomic E-state index is 11.4. The topological polar surface area (TPSA) is 37.3 Å². The summed E-state index contributed by atoms with van der Waals surface area (Å²) >= 11 is 0. The van der Waals surface area contributed by atoms with Crippen molar-refractivity contribution in [3.05, 3.63) is 11.6 Å². The first-order chi connectivity index (χ1) is 5.91. The van der Waals surface area contributed by atoms with Crippen LogP contribution in [0.1, 0.15) is 40.0 Å². The first kappa shape index (κ1) is 10.5. The van der Waals surface area contributed by atoms with E-state index in [-0.39, 0.29) is 11.2 Å². The molecule has 0 radical (unpaired) electrons. The van der Waals surface area contributed by atoms with Crippen LogP contribution < -0.4 is 0 Å². The lowest BCUT2D eigenvalue weighted by Gasteiger charge is -2.27. The number of ketones is 1. The number of aliphatic hydroxyl groups excluding tert-OH is 1. The van der Waals surface area contributed by atoms with Gasteiger partial charge in [0.15, 0.2) is 5.78 Å². The molecule has 1 unspecified atom stereocenters. The molecule has 0 aromatic heterocycles. The Bertz CT molecular complexity index is 236. The molecule has 0 saturated heterocycles. The number of carbonyl (C=O) groups excluding carboxylic acids is 1. The fourth-order valence-electron chi connectivity index (χ4n) is 1.71. The van der Waals surface area contributed by atoms with Gasteiger partial charge in [0.25, 0.3) is 0 Å². The molecule has 0 spiro atoms. The van der Waals surface area contributed by atoms with E-state index in [0.717, 1.165) is 12.0 Å². The highest BCUT2D eigenvalue weighted by Crippen LogP contribution is 2.32. The minimum atomic E-state index is -0.413. The van der Waals surface area contributed by atoms with E-state index in [1.54, 1.807) is 6.92 Å². The second kappa shape index (κ2) is 3.62. The van der Waals surface area contributed by atoms with Crippen molar-refractivity contribution in [3.63, 3.8) is 0 Å². The summed E-state index contributed by atoms with van der Waals surface area (Å²) in [7, 11) is 0. The number of allylic oxidation sites excluding steroid dienone is 1. The van der Waals surface area contributed by atoms with Gasteiger partial charge in [-0.2, -0.15) is 0 Å². The number of carbonyl (C=O) groups is 1. The van der Waals surface area contributed by atoms with Gasteiger partial charge in [-0.05, 0) is 24.3 Å². The predicted octanol–water partition coefficient (Wildman–Crippen LogP) is 2.07. The molecule has 0 fully saturated rings. The molecule has 0 aliphatic heterocycles. The zero-order valence-electron chi connectivity index (χ0n) is 8.63. The van der Waals surface area contributed by atoms with Crippen LogP contribution in [0.5, 0.6) is 0 Å². The standard InChI is InChI=1S/C11H18O2/c1-8(12)6-9-7-11(2,3)5-4-10(9)13/h7-8,12H,4-6H2,1-3H3. The molecule has 0 saturated carbocycles. The third-order valence-corrected chi connectivity index (χ3v) is 2.43. The molecule has 0 heterocycles. The normalized spacial score (nSPS) is 24.0. The van der Waals surface area contributed by atoms with Gasteiger partial charge in [0.05, 0.1) is 6.10 Å². The lowest BCUT2D eigenvalue weighted by Crippen LogP contribution is -2.21. The largest absolute Gasteiger partial charge is 0.393 e. The molecule has 1 aliphatic carbocycles. The first-order valence-electron chi connectivity index (χ1n) is 4.84. The first-order valence-corrected chi connectivity index (χ1v) is 4.84. The van der Waals surface area contributed by atoms with E-state index >= 15 is 0 Å². The van der Waals surface area contributed by atoms with Crippen molar-refractivity contribution >= 4 is 5.78 Å². The van der Waals surface area contributed by atoms with E-state index in [2.05, 4.69) is 13.8 Å². The second-order valence-corrected chi connectivity index (χ2v) is 4.63. The van der Waals surface area contributed by atoms with Crippen LogP contribution in [-0.4, -0.2) is 17.0 Å². The summed E-state index contributed by atoms with van der Waals surface area (Å²) < 4.78 is 0. The van der Waals surface area contributed by atoms with E-state index in [1.165, 1.54) is 0 Å². The second-order valence-electron chi connectivity index (χ2n) is 4.63. The van der Waals surface area contributed by atoms with Gasteiger partial charge in [-0.25, -0.2) is 0 Å². The third kappa shape index (κ3) is 2.96. The highest BCUT2D eigenvalue weighted by Gasteiger charge is 2.25. The highest BCUT2D eigenvalue weighted by atomic mass is 16.3. The van der Waals surface area contributed by atoms with Gasteiger partial charge in [0.1, 0.15) is 0 Å². The molecule has 0 aromatic carbocycles. The Labute approximate surface area is 79.6 Å². The van der Waals surface area contributed by atoms with Gasteiger partial charge >= 0.3 is 0 Å². The average molecular weight is 182 g/mol. The molecule has 1 rings (SSSR count). The lowest BCUT2D eigenvalue weighted by atomic mass is 9.78. The fraction of sp³-hybridized carbons (Fsp3) is 0.727. The molecule has 0 bridgehead atoms. The van der Waals surface area contributed by atoms with Crippen LogP contribution in [0.2, 0.25) is 0 Å². The number of aliphatic hydroxyl groups is 1. The fourth-order valence-corrected chi connectivity index (χ4v) is 1.71. The summed E-state index contributed by atoms with van der Waals surface area (Å²) in [6, 6.07) is 0. The zero-order valence-corrected chi connectivity index (χ0v) is 8.63. The molecule has 74 valence electrons. The average Bonchev–Trinajstić information content (AvgIpc) is 1.95. The minimum Gasteiger partial charge on any atom is -0.393 e. The predicted molar refractivity (Wildman–Crippen MR) is 52.4 cm³/mol. The van der Waals surface area contributed by atoms with Gasteiger partial charge in [0, 0.05) is 12.8 Å². The van der Waals surface area contributed by atoms with Crippen molar-refractivity contribution in [2.75, 3.05) is 0 Å². The molecular weight excluding hydrogens is 164 g/mol. The Hall–Kier alpha value is -0.630. The van der Waals surface area contributed by atoms with Gasteiger partial charge in [0.2, 0.25) is 0 Å². The number of hydrogen-bond donors (Lipinski definition) is 1. The maximum atomic E-state index is 11.4. The van der Waals surface area contributed by atoms with Gasteiger partial charge in [-0.1, -0.05) is 19.9 Å². The molecule has 1 aliphatic rings. The Kier molecular flexibility index (Phi) is 2.91.